The molecule has 2 atom stereocenters. The number of piperidine rings is 4. The molecule has 9 heterocycles. The number of ether oxygens (including phenoxy) is 6. The Morgan fingerprint density at radius 1 is 0.397 bits per heavy atom. The Balaban J connectivity index is 0.000000145. The van der Waals surface area contributed by atoms with Gasteiger partial charge in [0, 0.05) is 53.5 Å². The number of halogens is 2. The van der Waals surface area contributed by atoms with E-state index in [-0.39, 0.29) is 102 Å². The van der Waals surface area contributed by atoms with Crippen LogP contribution >= 0.6 is 46.7 Å². The van der Waals surface area contributed by atoms with Gasteiger partial charge < -0.3 is 69.3 Å². The minimum absolute atomic E-state index is 0.0000212. The first kappa shape index (κ1) is 106. The van der Waals surface area contributed by atoms with Crippen LogP contribution in [0.3, 0.4) is 0 Å². The first-order chi connectivity index (χ1) is 68.2. The van der Waals surface area contributed by atoms with Crippen LogP contribution in [-0.2, 0) is 33.2 Å². The normalized spacial score (nSPS) is 19.2. The minimum Gasteiger partial charge on any atom is -0.461 e. The number of aromatic nitrogens is 15. The molecular weight excluding hydrogens is 1880 g/mol. The molecule has 5 N–H and O–H groups in total. The molecule has 18 rings (SSSR count). The molecule has 5 saturated carbocycles. The van der Waals surface area contributed by atoms with Gasteiger partial charge in [-0.1, -0.05) is 83.7 Å². The van der Waals surface area contributed by atoms with Gasteiger partial charge in [-0.25, -0.2) is 43.8 Å². The first-order valence-corrected chi connectivity index (χ1v) is 52.8. The Bertz CT molecular complexity index is 5720. The van der Waals surface area contributed by atoms with Crippen LogP contribution < -0.4 is 31.9 Å². The average Bonchev–Trinajstić information content (AvgIpc) is 1.50. The number of aromatic amines is 1. The van der Waals surface area contributed by atoms with E-state index in [0.717, 1.165) is 72.1 Å². The van der Waals surface area contributed by atoms with Crippen molar-refractivity contribution in [2.24, 2.45) is 17.8 Å². The van der Waals surface area contributed by atoms with E-state index in [2.05, 4.69) is 179 Å². The van der Waals surface area contributed by atoms with Gasteiger partial charge in [-0.2, -0.15) is 20.1 Å². The van der Waals surface area contributed by atoms with E-state index in [1.165, 1.54) is 201 Å². The number of likely N-dealkylation sites (tertiary alicyclic amines) is 3. The molecule has 4 saturated heterocycles. The second-order valence-electron chi connectivity index (χ2n) is 37.6. The number of benzene rings is 4. The van der Waals surface area contributed by atoms with Crippen molar-refractivity contribution in [3.63, 3.8) is 0 Å². The zero-order valence-electron chi connectivity index (χ0n) is 82.4. The number of rotatable bonds is 31. The van der Waals surface area contributed by atoms with Crippen molar-refractivity contribution in [1.29, 1.82) is 0 Å². The number of nitrogens with one attached hydrogen (secondary N) is 5. The fourth-order valence-electron chi connectivity index (χ4n) is 18.8. The highest BCUT2D eigenvalue weighted by molar-refractivity contribution is 7.98. The Hall–Kier alpha value is -11.3. The van der Waals surface area contributed by atoms with Crippen molar-refractivity contribution in [2.75, 3.05) is 118 Å². The van der Waals surface area contributed by atoms with E-state index in [1.807, 2.05) is 63.4 Å². The SMILES string of the molecule is CCOC(=O)c1n[nH]c(=O)nc1Nc1ccc(C2CCN(C3CC3)CC2)cc1.CCOC(=O)c1nnc(Cl)nc1Nc1ccc(C2CCN(C3CC3)CC2)cc1.CCOC(=O)c1nnc(N2CCC[C@@H](CC(=O)OC(C)(C)C)[C@H]2C)nc1Nc1ccc(C2CCN(C3CC3)CC2)cc1.CCOC(=O)c1nnc(SC)nc1Cl.CCOC(=O)c1nnc(SC)nc1Nc1ccc(C2CCC(C3CC3)CC2)cc1. The molecule has 5 aromatic heterocycles. The fraction of sp³-hybridized carbons (Fsp3) is 0.554. The van der Waals surface area contributed by atoms with E-state index < -0.39 is 41.1 Å². The lowest BCUT2D eigenvalue weighted by atomic mass is 9.77. The molecule has 0 bridgehead atoms. The zero-order valence-corrected chi connectivity index (χ0v) is 85.5. The van der Waals surface area contributed by atoms with Crippen molar-refractivity contribution < 1.29 is 57.2 Å². The zero-order chi connectivity index (χ0) is 99.6. The summed E-state index contributed by atoms with van der Waals surface area (Å²) < 4.78 is 30.6. The average molecular weight is 2010 g/mol. The lowest BCUT2D eigenvalue weighted by molar-refractivity contribution is -0.156. The maximum atomic E-state index is 12.8. The van der Waals surface area contributed by atoms with Crippen LogP contribution in [0.1, 0.15) is 296 Å². The Kier molecular flexibility index (Phi) is 38.2. The van der Waals surface area contributed by atoms with Crippen molar-refractivity contribution in [3.8, 4) is 0 Å². The number of carbonyl (C=O) groups excluding carboxylic acids is 6. The van der Waals surface area contributed by atoms with Crippen LogP contribution in [0.4, 0.5) is 52.0 Å². The molecule has 36 nitrogen and oxygen atoms in total. The van der Waals surface area contributed by atoms with Crippen molar-refractivity contribution in [1.82, 2.24) is 90.6 Å². The van der Waals surface area contributed by atoms with Gasteiger partial charge in [0.1, 0.15) is 5.60 Å². The first-order valence-electron chi connectivity index (χ1n) is 49.6. The molecule has 9 fully saturated rings. The van der Waals surface area contributed by atoms with Gasteiger partial charge >= 0.3 is 41.5 Å². The molecule has 0 radical (unpaired) electrons. The highest BCUT2D eigenvalue weighted by atomic mass is 35.5. The summed E-state index contributed by atoms with van der Waals surface area (Å²) in [6, 6.07) is 35.8. The summed E-state index contributed by atoms with van der Waals surface area (Å²) in [4.78, 5) is 115. The van der Waals surface area contributed by atoms with Gasteiger partial charge in [-0.15, -0.1) is 40.8 Å². The predicted molar refractivity (Wildman–Crippen MR) is 541 cm³/mol. The van der Waals surface area contributed by atoms with Gasteiger partial charge in [0.2, 0.25) is 50.0 Å². The summed E-state index contributed by atoms with van der Waals surface area (Å²) >= 11 is 14.2. The van der Waals surface area contributed by atoms with Crippen molar-refractivity contribution in [2.45, 2.75) is 261 Å². The van der Waals surface area contributed by atoms with Gasteiger partial charge in [-0.05, 0) is 366 Å². The molecule has 0 spiro atoms. The van der Waals surface area contributed by atoms with Gasteiger partial charge in [0.15, 0.2) is 28.4 Å². The highest BCUT2D eigenvalue weighted by Gasteiger charge is 2.39. The van der Waals surface area contributed by atoms with Crippen LogP contribution in [0.2, 0.25) is 10.4 Å². The molecule has 9 aliphatic rings. The van der Waals surface area contributed by atoms with E-state index in [1.54, 1.807) is 40.9 Å². The summed E-state index contributed by atoms with van der Waals surface area (Å²) in [5.41, 5.74) is 7.60. The van der Waals surface area contributed by atoms with Crippen LogP contribution in [0, 0.1) is 17.8 Å². The fourth-order valence-corrected chi connectivity index (χ4v) is 19.7. The summed E-state index contributed by atoms with van der Waals surface area (Å²) in [5.74, 6) is 2.86. The van der Waals surface area contributed by atoms with Gasteiger partial charge in [0.25, 0.3) is 0 Å². The lowest BCUT2D eigenvalue weighted by Gasteiger charge is -2.39. The number of esters is 6. The molecule has 0 amide bonds. The monoisotopic (exact) mass is 2010 g/mol. The van der Waals surface area contributed by atoms with Crippen LogP contribution in [-0.4, -0.2) is 248 Å². The number of hydrogen-bond acceptors (Lipinski definition) is 37. The third-order valence-corrected chi connectivity index (χ3v) is 28.2. The molecule has 141 heavy (non-hydrogen) atoms. The number of anilines is 9. The second-order valence-corrected chi connectivity index (χ2v) is 39.9. The molecular formula is C101H131Cl2N23O13S2. The number of hydrogen-bond donors (Lipinski definition) is 5. The predicted octanol–water partition coefficient (Wildman–Crippen LogP) is 18.3. The Morgan fingerprint density at radius 3 is 1.11 bits per heavy atom. The summed E-state index contributed by atoms with van der Waals surface area (Å²) in [6.45, 7) is 25.5. The maximum Gasteiger partial charge on any atom is 0.363 e. The Labute approximate surface area is 842 Å². The number of carbonyl (C=O) groups is 6. The summed E-state index contributed by atoms with van der Waals surface area (Å²) in [6.07, 6.45) is 29.5. The third kappa shape index (κ3) is 30.6. The van der Waals surface area contributed by atoms with E-state index in [0.29, 0.717) is 58.0 Å². The van der Waals surface area contributed by atoms with Gasteiger partial charge in [0.05, 0.1) is 39.5 Å². The van der Waals surface area contributed by atoms with Crippen molar-refractivity contribution in [3.05, 3.63) is 169 Å². The van der Waals surface area contributed by atoms with E-state index >= 15 is 0 Å². The third-order valence-electron chi connectivity index (χ3n) is 26.7. The topological polar surface area (TPSA) is 432 Å². The van der Waals surface area contributed by atoms with Gasteiger partial charge in [-0.3, -0.25) is 4.79 Å². The van der Waals surface area contributed by atoms with Crippen LogP contribution in [0.15, 0.2) is 112 Å². The molecule has 5 aliphatic carbocycles. The molecule has 9 aromatic rings. The minimum atomic E-state index is -0.632. The molecule has 4 aromatic carbocycles. The standard InChI is InChI=1S/C32H46N6O4.C22H28N4O2S.C20H24ClN5O2.C20H25N5O3.C7H8ClN3O2S/c1-6-41-30(40)28-29(33-25-11-9-22(10-12-25)23-15-18-37(19-16-23)26-13-14-26)34-31(36-35-28)38-17-7-8-24(21(38)2)20-27(39)42-32(3,4)5;1-3-28-21(27)19-20(24-22(29-2)26-25-19)23-18-12-10-17(11-13-18)16-8-6-15(7-9-16)14-4-5-14;1-2-28-19(27)17-18(23-20(21)25-24-17)22-15-5-3-13(4-6-15)14-9-11-26(12-10-14)16-7-8-16;1-2-28-19(26)17-18(22-20(27)24-23-17)21-15-5-3-13(4-6-15)14-9-11-25(12-10-14)16-7-8-16;1-3-13-6(12)4-5(8)9-7(14-2)11-10-4/h9-12,21,23-24,26H,6-8,13-20H2,1-5H3,(H,33,34,36);10-16H,3-9H2,1-2H3,(H,23,24,26);3-6,14,16H,2,7-12H2,1H3,(H,22,23,25);3-6,14,16H,2,7-12H2,1H3,(H2,21,22,24,27);3H2,1-2H3/t21-,24+;;;;/m1..../s1. The smallest absolute Gasteiger partial charge is 0.363 e. The van der Waals surface area contributed by atoms with Crippen molar-refractivity contribution >= 4 is 135 Å². The Morgan fingerprint density at radius 2 is 0.738 bits per heavy atom. The number of nitrogens with zero attached hydrogens (tertiary/aromatic N) is 18. The largest absolute Gasteiger partial charge is 0.461 e. The molecule has 754 valence electrons. The van der Waals surface area contributed by atoms with E-state index in [4.69, 9.17) is 56.6 Å². The second kappa shape index (κ2) is 51.1. The molecule has 40 heteroatoms. The maximum absolute atomic E-state index is 12.8. The highest BCUT2D eigenvalue weighted by Crippen LogP contribution is 2.48. The lowest BCUT2D eigenvalue weighted by Crippen LogP contribution is -2.45. The van der Waals surface area contributed by atoms with Crippen LogP contribution in [0.25, 0.3) is 0 Å². The quantitative estimate of drug-likeness (QED) is 0.0153. The van der Waals surface area contributed by atoms with Crippen LogP contribution in [0.5, 0.6) is 0 Å². The number of H-pyrrole nitrogens is 1. The number of thioether (sulfide) groups is 2. The molecule has 4 aliphatic heterocycles. The molecule has 0 unspecified atom stereocenters. The summed E-state index contributed by atoms with van der Waals surface area (Å²) in [7, 11) is 0. The van der Waals surface area contributed by atoms with E-state index in [9.17, 15) is 33.6 Å². The summed E-state index contributed by atoms with van der Waals surface area (Å²) in [5, 5.41) is 50.8.